The summed E-state index contributed by atoms with van der Waals surface area (Å²) in [7, 11) is -8.84. The fourth-order valence-electron chi connectivity index (χ4n) is 8.37. The number of aryl methyl sites for hydroxylation is 4. The van der Waals surface area contributed by atoms with Crippen LogP contribution in [-0.2, 0) is 45.9 Å². The minimum atomic E-state index is -4.42. The first-order valence-electron chi connectivity index (χ1n) is 23.9. The van der Waals surface area contributed by atoms with Crippen molar-refractivity contribution >= 4 is 79.5 Å². The van der Waals surface area contributed by atoms with E-state index in [1.165, 1.54) is 188 Å². The smallest absolute Gasteiger partial charge is 0.744 e. The Morgan fingerprint density at radius 3 is 0.803 bits per heavy atom. The molecule has 0 fully saturated rings. The van der Waals surface area contributed by atoms with E-state index in [0.717, 1.165) is 60.1 Å². The minimum Gasteiger partial charge on any atom is -0.744 e. The molecule has 0 aromatic heterocycles. The number of hydrogen-bond donors (Lipinski definition) is 0. The van der Waals surface area contributed by atoms with Gasteiger partial charge in [0.15, 0.2) is 0 Å². The van der Waals surface area contributed by atoms with Gasteiger partial charge < -0.3 is 9.11 Å². The zero-order valence-corrected chi connectivity index (χ0v) is 42.4. The van der Waals surface area contributed by atoms with Gasteiger partial charge in [0.05, 0.1) is 9.79 Å². The Balaban J connectivity index is 0.000000413. The first kappa shape index (κ1) is 55.6. The molecule has 0 saturated carbocycles. The van der Waals surface area contributed by atoms with Gasteiger partial charge in [-0.25, -0.2) is 16.8 Å². The zero-order valence-electron chi connectivity index (χ0n) is 38.5. The normalized spacial score (nSPS) is 11.8. The molecule has 4 aromatic rings. The average molecular weight is 903 g/mol. The molecule has 0 heterocycles. The third-order valence-corrected chi connectivity index (χ3v) is 13.7. The van der Waals surface area contributed by atoms with Crippen LogP contribution in [0.2, 0.25) is 0 Å². The number of rotatable bonds is 30. The number of hydrogen-bond acceptors (Lipinski definition) is 6. The second-order valence-corrected chi connectivity index (χ2v) is 20.0. The summed E-state index contributed by atoms with van der Waals surface area (Å²) in [6.45, 7) is 8.96. The van der Waals surface area contributed by atoms with Crippen molar-refractivity contribution in [3.8, 4) is 0 Å². The summed E-state index contributed by atoms with van der Waals surface area (Å²) < 4.78 is 68.5. The molecule has 0 aliphatic rings. The van der Waals surface area contributed by atoms with Crippen molar-refractivity contribution in [1.82, 2.24) is 0 Å². The minimum absolute atomic E-state index is 0. The fraction of sp³-hybridized carbons (Fsp3) is 0.615. The van der Waals surface area contributed by atoms with Crippen LogP contribution in [0, 0.1) is 0 Å². The van der Waals surface area contributed by atoms with E-state index in [0.29, 0.717) is 0 Å². The van der Waals surface area contributed by atoms with Gasteiger partial charge in [-0.2, -0.15) is 0 Å². The van der Waals surface area contributed by atoms with Gasteiger partial charge in [0.2, 0.25) is 0 Å². The summed E-state index contributed by atoms with van der Waals surface area (Å²) in [6.07, 6.45) is 34.7. The van der Waals surface area contributed by atoms with Gasteiger partial charge in [0.25, 0.3) is 0 Å². The molecule has 6 nitrogen and oxygen atoms in total. The molecule has 0 aliphatic heterocycles. The van der Waals surface area contributed by atoms with Crippen molar-refractivity contribution in [1.29, 1.82) is 0 Å². The molecule has 9 heteroatoms. The topological polar surface area (TPSA) is 114 Å². The second-order valence-electron chi connectivity index (χ2n) is 17.2. The summed E-state index contributed by atoms with van der Waals surface area (Å²) in [5.41, 5.74) is 5.44. The molecule has 0 radical (unpaired) electrons. The Morgan fingerprint density at radius 1 is 0.328 bits per heavy atom. The quantitative estimate of drug-likeness (QED) is 0.0292. The molecule has 0 bridgehead atoms. The van der Waals surface area contributed by atoms with Crippen molar-refractivity contribution in [2.75, 3.05) is 0 Å². The maximum atomic E-state index is 11.4. The fourth-order valence-corrected chi connectivity index (χ4v) is 9.38. The first-order chi connectivity index (χ1) is 28.9. The predicted molar refractivity (Wildman–Crippen MR) is 258 cm³/mol. The SMILES string of the molecule is CCCCCCCCc1cc2ccc(S(=O)(=O)[O-])cc2cc1CCCCCCCC.CCCCCCCCc1cc2ccc(S(=O)(=O)[O-])cc2cc1CCCCCCCC.[Ca+2]. The van der Waals surface area contributed by atoms with Crippen molar-refractivity contribution in [3.63, 3.8) is 0 Å². The van der Waals surface area contributed by atoms with Gasteiger partial charge in [0, 0.05) is 0 Å². The van der Waals surface area contributed by atoms with Crippen LogP contribution in [0.3, 0.4) is 0 Å². The molecule has 0 N–H and O–H groups in total. The summed E-state index contributed by atoms with van der Waals surface area (Å²) in [5.74, 6) is 0. The van der Waals surface area contributed by atoms with Crippen LogP contribution < -0.4 is 0 Å². The van der Waals surface area contributed by atoms with Crippen molar-refractivity contribution in [3.05, 3.63) is 82.9 Å². The molecule has 61 heavy (non-hydrogen) atoms. The molecule has 0 unspecified atom stereocenters. The maximum Gasteiger partial charge on any atom is 2.00 e. The molecule has 0 aliphatic carbocycles. The van der Waals surface area contributed by atoms with Crippen LogP contribution in [0.5, 0.6) is 0 Å². The Labute approximate surface area is 402 Å². The van der Waals surface area contributed by atoms with E-state index in [1.807, 2.05) is 0 Å². The molecule has 0 atom stereocenters. The summed E-state index contributed by atoms with van der Waals surface area (Å²) in [5, 5.41) is 3.77. The second kappa shape index (κ2) is 31.4. The Morgan fingerprint density at radius 2 is 0.557 bits per heavy atom. The van der Waals surface area contributed by atoms with E-state index in [1.54, 1.807) is 12.1 Å². The third kappa shape index (κ3) is 21.8. The van der Waals surface area contributed by atoms with Gasteiger partial charge in [-0.1, -0.05) is 193 Å². The molecular formula is C52H78CaO6S2. The standard InChI is InChI=1S/2C26H40O3S.Ca/c2*1-3-5-7-9-11-13-15-22-19-24-17-18-26(30(27,28)29)21-25(24)20-23(22)16-14-12-10-8-6-4-2;/h2*17-21H,3-16H2,1-2H3,(H,27,28,29);/q;;+2/p-2. The molecule has 4 rings (SSSR count). The summed E-state index contributed by atoms with van der Waals surface area (Å²) >= 11 is 0. The number of benzene rings is 4. The van der Waals surface area contributed by atoms with Crippen molar-refractivity contribution in [2.24, 2.45) is 0 Å². The van der Waals surface area contributed by atoms with E-state index >= 15 is 0 Å². The molecule has 0 amide bonds. The average Bonchev–Trinajstić information content (AvgIpc) is 3.22. The number of fused-ring (bicyclic) bond motifs is 2. The van der Waals surface area contributed by atoms with E-state index in [-0.39, 0.29) is 47.5 Å². The predicted octanol–water partition coefficient (Wildman–Crippen LogP) is 14.7. The van der Waals surface area contributed by atoms with Gasteiger partial charge in [0.1, 0.15) is 20.2 Å². The molecule has 0 spiro atoms. The summed E-state index contributed by atoms with van der Waals surface area (Å²) in [6, 6.07) is 18.2. The van der Waals surface area contributed by atoms with E-state index in [4.69, 9.17) is 0 Å². The monoisotopic (exact) mass is 902 g/mol. The molecular weight excluding hydrogens is 825 g/mol. The van der Waals surface area contributed by atoms with Crippen LogP contribution in [0.15, 0.2) is 70.5 Å². The van der Waals surface area contributed by atoms with Gasteiger partial charge in [-0.15, -0.1) is 0 Å². The molecule has 0 saturated heterocycles. The Hall–Kier alpha value is -1.52. The van der Waals surface area contributed by atoms with Gasteiger partial charge in [-0.05, 0) is 119 Å². The number of unbranched alkanes of at least 4 members (excludes halogenated alkanes) is 20. The van der Waals surface area contributed by atoms with Crippen LogP contribution in [0.4, 0.5) is 0 Å². The first-order valence-corrected chi connectivity index (χ1v) is 26.8. The third-order valence-electron chi connectivity index (χ3n) is 12.0. The van der Waals surface area contributed by atoms with Crippen LogP contribution in [0.1, 0.15) is 204 Å². The van der Waals surface area contributed by atoms with Gasteiger partial charge in [-0.3, -0.25) is 0 Å². The zero-order chi connectivity index (χ0) is 43.6. The van der Waals surface area contributed by atoms with Crippen LogP contribution in [0.25, 0.3) is 21.5 Å². The largest absolute Gasteiger partial charge is 2.00 e. The van der Waals surface area contributed by atoms with Crippen LogP contribution in [-0.4, -0.2) is 63.7 Å². The Bertz CT molecular complexity index is 1900. The van der Waals surface area contributed by atoms with Gasteiger partial charge >= 0.3 is 37.7 Å². The van der Waals surface area contributed by atoms with Crippen molar-refractivity contribution in [2.45, 2.75) is 217 Å². The summed E-state index contributed by atoms with van der Waals surface area (Å²) in [4.78, 5) is -0.270. The van der Waals surface area contributed by atoms with E-state index in [9.17, 15) is 25.9 Å². The maximum absolute atomic E-state index is 11.4. The van der Waals surface area contributed by atoms with E-state index in [2.05, 4.69) is 52.0 Å². The van der Waals surface area contributed by atoms with Crippen LogP contribution >= 0.6 is 0 Å². The molecule has 336 valence electrons. The molecule has 4 aromatic carbocycles. The van der Waals surface area contributed by atoms with Crippen molar-refractivity contribution < 1.29 is 25.9 Å². The van der Waals surface area contributed by atoms with E-state index < -0.39 is 20.2 Å². The Kier molecular flexibility index (Phi) is 28.6.